The topological polar surface area (TPSA) is 56.2 Å². The summed E-state index contributed by atoms with van der Waals surface area (Å²) in [6.07, 6.45) is 3.41. The van der Waals surface area contributed by atoms with Gasteiger partial charge in [0.1, 0.15) is 5.82 Å². The second-order valence-corrected chi connectivity index (χ2v) is 6.61. The summed E-state index contributed by atoms with van der Waals surface area (Å²) in [4.78, 5) is 12.6. The van der Waals surface area contributed by atoms with Crippen molar-refractivity contribution in [2.24, 2.45) is 7.05 Å². The fourth-order valence-electron chi connectivity index (χ4n) is 3.45. The van der Waals surface area contributed by atoms with Crippen molar-refractivity contribution in [2.45, 2.75) is 30.7 Å². The summed E-state index contributed by atoms with van der Waals surface area (Å²) in [6, 6.07) is 6.75. The Balaban J connectivity index is 1.47. The van der Waals surface area contributed by atoms with Gasteiger partial charge in [0, 0.05) is 37.7 Å². The van der Waals surface area contributed by atoms with Crippen LogP contribution in [-0.2, 0) is 11.8 Å². The molecule has 1 saturated carbocycles. The van der Waals surface area contributed by atoms with Gasteiger partial charge in [-0.3, -0.25) is 9.48 Å². The van der Waals surface area contributed by atoms with Crippen LogP contribution in [0.1, 0.15) is 46.3 Å². The van der Waals surface area contributed by atoms with E-state index >= 15 is 0 Å². The lowest BCUT2D eigenvalue weighted by Gasteiger charge is -2.08. The molecule has 1 aromatic carbocycles. The van der Waals surface area contributed by atoms with Crippen LogP contribution in [0.4, 0.5) is 4.39 Å². The summed E-state index contributed by atoms with van der Waals surface area (Å²) < 4.78 is 20.9. The van der Waals surface area contributed by atoms with Crippen LogP contribution in [0.2, 0.25) is 0 Å². The van der Waals surface area contributed by atoms with Crippen LogP contribution in [0.5, 0.6) is 0 Å². The fourth-order valence-corrected chi connectivity index (χ4v) is 3.45. The Bertz CT molecular complexity index is 767. The van der Waals surface area contributed by atoms with Gasteiger partial charge in [-0.05, 0) is 24.5 Å². The molecule has 0 unspecified atom stereocenters. The number of amides is 1. The minimum atomic E-state index is -0.204. The average Bonchev–Trinajstić information content (AvgIpc) is 2.98. The third-order valence-electron chi connectivity index (χ3n) is 4.83. The lowest BCUT2D eigenvalue weighted by molar-refractivity contribution is 0.0948. The van der Waals surface area contributed by atoms with Gasteiger partial charge in [-0.1, -0.05) is 18.2 Å². The standard InChI is InChI=1S/C18H20FN3O2/c1-22-9-14(17(21-22)11-6-7-24-10-11)18(23)20-16-8-13(16)12-4-2-3-5-15(12)19/h2-5,9,11,13,16H,6-8,10H2,1H3,(H,20,23)/t11-,13+,16-/m1/s1. The van der Waals surface area contributed by atoms with Crippen LogP contribution in [-0.4, -0.2) is 34.9 Å². The quantitative estimate of drug-likeness (QED) is 0.937. The monoisotopic (exact) mass is 329 g/mol. The number of nitrogens with zero attached hydrogens (tertiary/aromatic N) is 2. The van der Waals surface area contributed by atoms with Crippen molar-refractivity contribution in [3.05, 3.63) is 53.1 Å². The largest absolute Gasteiger partial charge is 0.381 e. The maximum Gasteiger partial charge on any atom is 0.255 e. The molecular formula is C18H20FN3O2. The van der Waals surface area contributed by atoms with Gasteiger partial charge < -0.3 is 10.1 Å². The first kappa shape index (κ1) is 15.3. The smallest absolute Gasteiger partial charge is 0.255 e. The molecule has 1 saturated heterocycles. The normalized spacial score (nSPS) is 25.7. The van der Waals surface area contributed by atoms with Gasteiger partial charge in [0.2, 0.25) is 0 Å². The van der Waals surface area contributed by atoms with Crippen molar-refractivity contribution < 1.29 is 13.9 Å². The van der Waals surface area contributed by atoms with Crippen LogP contribution < -0.4 is 5.32 Å². The molecule has 1 amide bonds. The molecule has 126 valence electrons. The van der Waals surface area contributed by atoms with E-state index in [-0.39, 0.29) is 29.6 Å². The molecule has 2 fully saturated rings. The van der Waals surface area contributed by atoms with Crippen LogP contribution in [0, 0.1) is 5.82 Å². The van der Waals surface area contributed by atoms with Gasteiger partial charge in [-0.25, -0.2) is 4.39 Å². The van der Waals surface area contributed by atoms with Crippen molar-refractivity contribution in [1.82, 2.24) is 15.1 Å². The zero-order valence-corrected chi connectivity index (χ0v) is 13.5. The summed E-state index contributed by atoms with van der Waals surface area (Å²) in [6.45, 7) is 1.32. The van der Waals surface area contributed by atoms with E-state index in [0.29, 0.717) is 24.3 Å². The number of aryl methyl sites for hydroxylation is 1. The Hall–Kier alpha value is -2.21. The first-order valence-electron chi connectivity index (χ1n) is 8.30. The van der Waals surface area contributed by atoms with Crippen LogP contribution in [0.15, 0.2) is 30.5 Å². The summed E-state index contributed by atoms with van der Waals surface area (Å²) in [5, 5.41) is 7.47. The zero-order chi connectivity index (χ0) is 16.7. The number of nitrogens with one attached hydrogen (secondary N) is 1. The van der Waals surface area contributed by atoms with Crippen molar-refractivity contribution in [2.75, 3.05) is 13.2 Å². The summed E-state index contributed by atoms with van der Waals surface area (Å²) in [5.74, 6) is -0.100. The van der Waals surface area contributed by atoms with E-state index in [1.165, 1.54) is 6.07 Å². The van der Waals surface area contributed by atoms with Crippen LogP contribution in [0.3, 0.4) is 0 Å². The molecule has 6 heteroatoms. The molecule has 1 aliphatic carbocycles. The number of halogens is 1. The van der Waals surface area contributed by atoms with Gasteiger partial charge in [0.25, 0.3) is 5.91 Å². The molecule has 0 spiro atoms. The minimum absolute atomic E-state index is 0.0118. The van der Waals surface area contributed by atoms with Crippen LogP contribution >= 0.6 is 0 Å². The van der Waals surface area contributed by atoms with E-state index in [0.717, 1.165) is 18.5 Å². The molecule has 3 atom stereocenters. The van der Waals surface area contributed by atoms with Crippen LogP contribution in [0.25, 0.3) is 0 Å². The predicted molar refractivity (Wildman–Crippen MR) is 86.4 cm³/mol. The van der Waals surface area contributed by atoms with Crippen molar-refractivity contribution in [3.63, 3.8) is 0 Å². The van der Waals surface area contributed by atoms with E-state index in [2.05, 4.69) is 10.4 Å². The predicted octanol–water partition coefficient (Wildman–Crippen LogP) is 2.35. The Morgan fingerprint density at radius 2 is 2.25 bits per heavy atom. The van der Waals surface area contributed by atoms with E-state index in [4.69, 9.17) is 4.74 Å². The number of ether oxygens (including phenoxy) is 1. The number of benzene rings is 1. The van der Waals surface area contributed by atoms with Gasteiger partial charge in [-0.2, -0.15) is 5.10 Å². The highest BCUT2D eigenvalue weighted by Crippen LogP contribution is 2.42. The molecule has 2 aromatic rings. The number of carbonyl (C=O) groups excluding carboxylic acids is 1. The molecule has 4 rings (SSSR count). The van der Waals surface area contributed by atoms with Crippen molar-refractivity contribution in [1.29, 1.82) is 0 Å². The van der Waals surface area contributed by atoms with E-state index < -0.39 is 0 Å². The molecule has 5 nitrogen and oxygen atoms in total. The average molecular weight is 329 g/mol. The SMILES string of the molecule is Cn1cc(C(=O)N[C@@H]2C[C@H]2c2ccccc2F)c([C@@H]2CCOC2)n1. The Morgan fingerprint density at radius 3 is 3.00 bits per heavy atom. The summed E-state index contributed by atoms with van der Waals surface area (Å²) in [7, 11) is 1.81. The molecule has 0 bridgehead atoms. The number of carbonyl (C=O) groups is 1. The first-order valence-corrected chi connectivity index (χ1v) is 8.30. The number of hydrogen-bond acceptors (Lipinski definition) is 3. The third kappa shape index (κ3) is 2.82. The van der Waals surface area contributed by atoms with Gasteiger partial charge in [-0.15, -0.1) is 0 Å². The molecule has 0 radical (unpaired) electrons. The highest BCUT2D eigenvalue weighted by atomic mass is 19.1. The summed E-state index contributed by atoms with van der Waals surface area (Å²) >= 11 is 0. The van der Waals surface area contributed by atoms with Crippen molar-refractivity contribution in [3.8, 4) is 0 Å². The van der Waals surface area contributed by atoms with Gasteiger partial charge >= 0.3 is 0 Å². The number of rotatable bonds is 4. The highest BCUT2D eigenvalue weighted by Gasteiger charge is 2.41. The highest BCUT2D eigenvalue weighted by molar-refractivity contribution is 5.95. The molecule has 1 aromatic heterocycles. The first-order chi connectivity index (χ1) is 11.6. The number of aromatic nitrogens is 2. The second-order valence-electron chi connectivity index (χ2n) is 6.61. The lowest BCUT2D eigenvalue weighted by Crippen LogP contribution is -2.27. The zero-order valence-electron chi connectivity index (χ0n) is 13.5. The fraction of sp³-hybridized carbons (Fsp3) is 0.444. The van der Waals surface area contributed by atoms with E-state index in [9.17, 15) is 9.18 Å². The Kier molecular flexibility index (Phi) is 3.84. The van der Waals surface area contributed by atoms with E-state index in [1.54, 1.807) is 23.0 Å². The Morgan fingerprint density at radius 1 is 1.42 bits per heavy atom. The molecular weight excluding hydrogens is 309 g/mol. The lowest BCUT2D eigenvalue weighted by atomic mass is 10.0. The number of hydrogen-bond donors (Lipinski definition) is 1. The van der Waals surface area contributed by atoms with Gasteiger partial charge in [0.05, 0.1) is 17.9 Å². The Labute approximate surface area is 139 Å². The maximum atomic E-state index is 13.8. The molecule has 2 heterocycles. The van der Waals surface area contributed by atoms with Gasteiger partial charge in [0.15, 0.2) is 0 Å². The molecule has 1 N–H and O–H groups in total. The molecule has 2 aliphatic rings. The molecule has 24 heavy (non-hydrogen) atoms. The van der Waals surface area contributed by atoms with Crippen molar-refractivity contribution >= 4 is 5.91 Å². The molecule has 1 aliphatic heterocycles. The maximum absolute atomic E-state index is 13.8. The minimum Gasteiger partial charge on any atom is -0.381 e. The third-order valence-corrected chi connectivity index (χ3v) is 4.83. The summed E-state index contributed by atoms with van der Waals surface area (Å²) in [5.41, 5.74) is 2.08. The van der Waals surface area contributed by atoms with E-state index in [1.807, 2.05) is 13.1 Å². The second kappa shape index (κ2) is 6.02.